The Morgan fingerprint density at radius 3 is 2.42 bits per heavy atom. The van der Waals surface area contributed by atoms with Crippen molar-refractivity contribution in [3.63, 3.8) is 0 Å². The molecule has 1 saturated heterocycles. The van der Waals surface area contributed by atoms with Crippen molar-refractivity contribution in [2.75, 3.05) is 7.11 Å². The summed E-state index contributed by atoms with van der Waals surface area (Å²) in [6, 6.07) is 3.48. The van der Waals surface area contributed by atoms with Crippen LogP contribution < -0.4 is 4.74 Å². The van der Waals surface area contributed by atoms with Crippen LogP contribution in [0.2, 0.25) is 0 Å². The number of allylic oxidation sites excluding steroid dienone is 6. The second-order valence-corrected chi connectivity index (χ2v) is 12.1. The molecule has 0 aromatic heterocycles. The van der Waals surface area contributed by atoms with Crippen molar-refractivity contribution in [3.8, 4) is 11.5 Å². The minimum absolute atomic E-state index is 0.000254. The molecule has 188 valence electrons. The first-order chi connectivity index (χ1) is 16.9. The van der Waals surface area contributed by atoms with E-state index in [1.807, 2.05) is 49.4 Å². The Balaban J connectivity index is 1.71. The Morgan fingerprint density at radius 2 is 1.78 bits per heavy atom. The van der Waals surface area contributed by atoms with Gasteiger partial charge in [-0.3, -0.25) is 24.1 Å². The second kappa shape index (κ2) is 8.39. The van der Waals surface area contributed by atoms with Gasteiger partial charge in [0.1, 0.15) is 0 Å². The maximum absolute atomic E-state index is 13.7. The fourth-order valence-corrected chi connectivity index (χ4v) is 6.96. The Morgan fingerprint density at radius 1 is 1.08 bits per heavy atom. The van der Waals surface area contributed by atoms with Gasteiger partial charge in [-0.15, -0.1) is 0 Å². The van der Waals surface area contributed by atoms with Crippen LogP contribution in [0.25, 0.3) is 0 Å². The number of fused-ring (bicyclic) bond motifs is 3. The molecule has 1 N–H and O–H groups in total. The quantitative estimate of drug-likeness (QED) is 0.236. The van der Waals surface area contributed by atoms with Gasteiger partial charge in [-0.2, -0.15) is 0 Å². The van der Waals surface area contributed by atoms with Gasteiger partial charge in [0.2, 0.25) is 11.8 Å². The lowest BCUT2D eigenvalue weighted by atomic mass is 9.59. The minimum atomic E-state index is -0.652. The number of aromatic hydroxyl groups is 1. The highest BCUT2D eigenvalue weighted by Crippen LogP contribution is 2.56. The number of nitrogens with zero attached hydrogens (tertiary/aromatic N) is 1. The number of rotatable bonds is 2. The van der Waals surface area contributed by atoms with Crippen LogP contribution in [0, 0.1) is 21.3 Å². The molecule has 5 rings (SSSR count). The first kappa shape index (κ1) is 24.9. The number of imide groups is 1. The molecule has 1 aliphatic heterocycles. The third-order valence-electron chi connectivity index (χ3n) is 7.84. The van der Waals surface area contributed by atoms with E-state index >= 15 is 0 Å². The van der Waals surface area contributed by atoms with Gasteiger partial charge in [-0.25, -0.2) is 0 Å². The van der Waals surface area contributed by atoms with E-state index in [9.17, 15) is 24.3 Å². The second-order valence-electron chi connectivity index (χ2n) is 11.0. The van der Waals surface area contributed by atoms with E-state index in [0.29, 0.717) is 32.3 Å². The summed E-state index contributed by atoms with van der Waals surface area (Å²) >= 11 is 2.01. The number of phenolic OH excluding ortho intramolecular Hbond substituents is 1. The Kier molecular flexibility index (Phi) is 5.81. The smallest absolute Gasteiger partial charge is 0.234 e. The summed E-state index contributed by atoms with van der Waals surface area (Å²) in [7, 11) is 1.46. The number of hydrogen-bond acceptors (Lipinski definition) is 6. The van der Waals surface area contributed by atoms with Gasteiger partial charge in [0.05, 0.1) is 22.5 Å². The summed E-state index contributed by atoms with van der Waals surface area (Å²) in [5.74, 6) is -2.55. The molecule has 4 atom stereocenters. The van der Waals surface area contributed by atoms with Crippen LogP contribution in [-0.2, 0) is 19.2 Å². The third kappa shape index (κ3) is 3.51. The van der Waals surface area contributed by atoms with Crippen LogP contribution in [-0.4, -0.2) is 46.0 Å². The highest BCUT2D eigenvalue weighted by atomic mass is 127. The lowest BCUT2D eigenvalue weighted by molar-refractivity contribution is -0.145. The van der Waals surface area contributed by atoms with Crippen LogP contribution in [0.1, 0.15) is 52.0 Å². The fraction of sp³-hybridized carbons (Fsp3) is 0.429. The summed E-state index contributed by atoms with van der Waals surface area (Å²) in [5, 5.41) is 10.4. The van der Waals surface area contributed by atoms with Crippen molar-refractivity contribution in [2.24, 2.45) is 17.8 Å². The Labute approximate surface area is 223 Å². The van der Waals surface area contributed by atoms with Gasteiger partial charge >= 0.3 is 0 Å². The van der Waals surface area contributed by atoms with Crippen LogP contribution >= 0.6 is 22.6 Å². The lowest BCUT2D eigenvalue weighted by Gasteiger charge is -2.42. The number of ketones is 2. The zero-order valence-electron chi connectivity index (χ0n) is 20.8. The van der Waals surface area contributed by atoms with Gasteiger partial charge in [0, 0.05) is 28.2 Å². The zero-order valence-corrected chi connectivity index (χ0v) is 23.0. The molecule has 1 heterocycles. The molecule has 0 unspecified atom stereocenters. The van der Waals surface area contributed by atoms with E-state index in [1.165, 1.54) is 18.1 Å². The summed E-state index contributed by atoms with van der Waals surface area (Å²) in [6.45, 7) is 7.18. The first-order valence-corrected chi connectivity index (χ1v) is 13.1. The number of carbonyl (C=O) groups is 4. The Bertz CT molecular complexity index is 1340. The molecule has 0 spiro atoms. The predicted octanol–water partition coefficient (Wildman–Crippen LogP) is 4.23. The summed E-state index contributed by atoms with van der Waals surface area (Å²) in [6.07, 6.45) is 4.02. The lowest BCUT2D eigenvalue weighted by Crippen LogP contribution is -2.46. The topological polar surface area (TPSA) is 101 Å². The van der Waals surface area contributed by atoms with Gasteiger partial charge in [-0.05, 0) is 92.8 Å². The van der Waals surface area contributed by atoms with E-state index in [1.54, 1.807) is 19.1 Å². The standard InChI is InChI=1S/C28H28INO6/c1-12-8-19(31)23-17(24(12)32)11-16-14(21(23)13-9-18(29)25(33)20(10-13)36-5)6-7-15-22(16)27(35)30(26(15)34)28(2,3)4/h6,8-10,15-16,21-22,33H,7,11H2,1-5H3/t15-,16+,21-,22-/m0/s1. The average Bonchev–Trinajstić information content (AvgIpc) is 3.08. The average molecular weight is 601 g/mol. The first-order valence-electron chi connectivity index (χ1n) is 12.0. The van der Waals surface area contributed by atoms with E-state index in [0.717, 1.165) is 5.57 Å². The number of likely N-dealkylation sites (tertiary alicyclic amines) is 1. The zero-order chi connectivity index (χ0) is 26.3. The van der Waals surface area contributed by atoms with Gasteiger partial charge in [-0.1, -0.05) is 11.6 Å². The molecular formula is C28H28INO6. The van der Waals surface area contributed by atoms with E-state index in [2.05, 4.69) is 0 Å². The van der Waals surface area contributed by atoms with Crippen molar-refractivity contribution in [1.29, 1.82) is 0 Å². The normalized spacial score (nSPS) is 28.0. The van der Waals surface area contributed by atoms with Gasteiger partial charge in [0.15, 0.2) is 23.1 Å². The third-order valence-corrected chi connectivity index (χ3v) is 8.66. The highest BCUT2D eigenvalue weighted by Gasteiger charge is 2.58. The number of benzene rings is 1. The largest absolute Gasteiger partial charge is 0.504 e. The van der Waals surface area contributed by atoms with Gasteiger partial charge < -0.3 is 9.84 Å². The number of phenols is 1. The maximum Gasteiger partial charge on any atom is 0.234 e. The monoisotopic (exact) mass is 601 g/mol. The van der Waals surface area contributed by atoms with Crippen LogP contribution in [0.5, 0.6) is 11.5 Å². The molecule has 3 aliphatic carbocycles. The molecule has 1 fully saturated rings. The number of carbonyl (C=O) groups excluding carboxylic acids is 4. The number of amides is 2. The van der Waals surface area contributed by atoms with Crippen LogP contribution in [0.3, 0.4) is 0 Å². The Hall–Kier alpha value is -2.75. The van der Waals surface area contributed by atoms with Crippen LogP contribution in [0.4, 0.5) is 0 Å². The molecule has 7 nitrogen and oxygen atoms in total. The molecule has 1 aromatic rings. The molecule has 0 saturated carbocycles. The van der Waals surface area contributed by atoms with E-state index < -0.39 is 23.3 Å². The van der Waals surface area contributed by atoms with E-state index in [-0.39, 0.29) is 47.2 Å². The van der Waals surface area contributed by atoms with Crippen molar-refractivity contribution >= 4 is 46.0 Å². The van der Waals surface area contributed by atoms with Crippen molar-refractivity contribution < 1.29 is 29.0 Å². The molecule has 1 aromatic carbocycles. The predicted molar refractivity (Wildman–Crippen MR) is 140 cm³/mol. The molecule has 4 aliphatic rings. The van der Waals surface area contributed by atoms with Crippen molar-refractivity contribution in [1.82, 2.24) is 4.90 Å². The highest BCUT2D eigenvalue weighted by molar-refractivity contribution is 14.1. The number of methoxy groups -OCH3 is 1. The number of ether oxygens (including phenoxy) is 1. The molecule has 36 heavy (non-hydrogen) atoms. The SMILES string of the molecule is COc1cc([C@H]2C3=CC[C@@H]4C(=O)N(C(C)(C)C)C(=O)[C@@H]4[C@@H]3CC3=C2C(=O)C=C(C)C3=O)cc(I)c1O. The summed E-state index contributed by atoms with van der Waals surface area (Å²) in [4.78, 5) is 55.1. The van der Waals surface area contributed by atoms with Crippen LogP contribution in [0.15, 0.2) is 46.6 Å². The van der Waals surface area contributed by atoms with Crippen molar-refractivity contribution in [2.45, 2.75) is 52.0 Å². The minimum Gasteiger partial charge on any atom is -0.504 e. The number of halogens is 1. The summed E-state index contributed by atoms with van der Waals surface area (Å²) in [5.41, 5.74) is 2.14. The molecule has 0 radical (unpaired) electrons. The number of Topliss-reactive ketones (excluding diaryl/α,β-unsaturated/α-hetero) is 1. The van der Waals surface area contributed by atoms with Gasteiger partial charge in [0.25, 0.3) is 0 Å². The summed E-state index contributed by atoms with van der Waals surface area (Å²) < 4.78 is 5.94. The van der Waals surface area contributed by atoms with E-state index in [4.69, 9.17) is 4.74 Å². The van der Waals surface area contributed by atoms with Crippen molar-refractivity contribution in [3.05, 3.63) is 55.7 Å². The molecule has 8 heteroatoms. The molecule has 2 amide bonds. The maximum atomic E-state index is 13.7. The fourth-order valence-electron chi connectivity index (χ4n) is 6.34. The number of hydrogen-bond donors (Lipinski definition) is 1. The molecule has 0 bridgehead atoms. The molecular weight excluding hydrogens is 573 g/mol.